The normalized spacial score (nSPS) is 14.0. The van der Waals surface area contributed by atoms with Gasteiger partial charge in [0.15, 0.2) is 0 Å². The average Bonchev–Trinajstić information content (AvgIpc) is 2.28. The zero-order valence-electron chi connectivity index (χ0n) is 11.5. The van der Waals surface area contributed by atoms with Crippen LogP contribution in [0, 0.1) is 0 Å². The summed E-state index contributed by atoms with van der Waals surface area (Å²) in [7, 11) is 0. The van der Waals surface area contributed by atoms with Crippen LogP contribution >= 0.6 is 0 Å². The molecule has 0 radical (unpaired) electrons. The Balaban J connectivity index is 2.88. The summed E-state index contributed by atoms with van der Waals surface area (Å²) in [6.45, 7) is 6.91. The zero-order chi connectivity index (χ0) is 13.6. The van der Waals surface area contributed by atoms with E-state index in [-0.39, 0.29) is 12.1 Å². The van der Waals surface area contributed by atoms with Crippen LogP contribution in [0.2, 0.25) is 0 Å². The Bertz CT molecular complexity index is 382. The quantitative estimate of drug-likeness (QED) is 0.653. The maximum atomic E-state index is 9.12. The minimum absolute atomic E-state index is 0.133. The van der Waals surface area contributed by atoms with Crippen molar-refractivity contribution in [1.82, 2.24) is 0 Å². The van der Waals surface area contributed by atoms with E-state index in [1.54, 1.807) is 0 Å². The van der Waals surface area contributed by atoms with Gasteiger partial charge in [0.2, 0.25) is 0 Å². The fraction of sp³-hybridized carbons (Fsp3) is 0.571. The van der Waals surface area contributed by atoms with Crippen molar-refractivity contribution in [2.75, 3.05) is 24.3 Å². The van der Waals surface area contributed by atoms with E-state index in [0.29, 0.717) is 18.7 Å². The van der Waals surface area contributed by atoms with Gasteiger partial charge < -0.3 is 20.9 Å². The fourth-order valence-electron chi connectivity index (χ4n) is 1.87. The molecule has 0 spiro atoms. The molecular formula is C14H24N2O2. The Hall–Kier alpha value is -1.42. The van der Waals surface area contributed by atoms with E-state index in [2.05, 4.69) is 19.2 Å². The molecule has 0 bridgehead atoms. The predicted octanol–water partition coefficient (Wildman–Crippen LogP) is 2.63. The number of rotatable bonds is 7. The molecule has 1 aromatic rings. The average molecular weight is 252 g/mol. The van der Waals surface area contributed by atoms with Crippen LogP contribution in [0.1, 0.15) is 33.6 Å². The van der Waals surface area contributed by atoms with Gasteiger partial charge in [-0.1, -0.05) is 6.92 Å². The standard InChI is InChI=1S/C14H24N2O2/c1-4-14(3,6-7-17)16-12-8-11(15)9-13(10-12)18-5-2/h8-10,16-17H,4-7,15H2,1-3H3. The summed E-state index contributed by atoms with van der Waals surface area (Å²) in [5.41, 5.74) is 7.32. The first-order valence-electron chi connectivity index (χ1n) is 6.45. The maximum absolute atomic E-state index is 9.12. The smallest absolute Gasteiger partial charge is 0.123 e. The molecular weight excluding hydrogens is 228 g/mol. The fourth-order valence-corrected chi connectivity index (χ4v) is 1.87. The number of nitrogens with two attached hydrogens (primary N) is 1. The van der Waals surface area contributed by atoms with Crippen molar-refractivity contribution in [3.05, 3.63) is 18.2 Å². The van der Waals surface area contributed by atoms with E-state index >= 15 is 0 Å². The van der Waals surface area contributed by atoms with Crippen molar-refractivity contribution in [3.8, 4) is 5.75 Å². The Kier molecular flexibility index (Phi) is 5.28. The van der Waals surface area contributed by atoms with E-state index in [9.17, 15) is 0 Å². The third-order valence-corrected chi connectivity index (χ3v) is 3.13. The van der Waals surface area contributed by atoms with E-state index in [0.717, 1.165) is 17.9 Å². The van der Waals surface area contributed by atoms with Gasteiger partial charge in [0.1, 0.15) is 5.75 Å². The number of nitrogen functional groups attached to an aromatic ring is 1. The SMILES string of the molecule is CCOc1cc(N)cc(NC(C)(CC)CCO)c1. The molecule has 1 atom stereocenters. The summed E-state index contributed by atoms with van der Waals surface area (Å²) in [4.78, 5) is 0. The van der Waals surface area contributed by atoms with Crippen LogP contribution in [0.25, 0.3) is 0 Å². The first kappa shape index (κ1) is 14.6. The second-order valence-corrected chi connectivity index (χ2v) is 4.74. The summed E-state index contributed by atoms with van der Waals surface area (Å²) in [5.74, 6) is 0.766. The highest BCUT2D eigenvalue weighted by molar-refractivity contribution is 5.60. The summed E-state index contributed by atoms with van der Waals surface area (Å²) >= 11 is 0. The second kappa shape index (κ2) is 6.50. The highest BCUT2D eigenvalue weighted by Gasteiger charge is 2.21. The molecule has 18 heavy (non-hydrogen) atoms. The van der Waals surface area contributed by atoms with Gasteiger partial charge in [-0.25, -0.2) is 0 Å². The van der Waals surface area contributed by atoms with Gasteiger partial charge in [-0.2, -0.15) is 0 Å². The molecule has 0 aliphatic carbocycles. The Morgan fingerprint density at radius 3 is 2.61 bits per heavy atom. The Morgan fingerprint density at radius 2 is 2.06 bits per heavy atom. The number of hydrogen-bond acceptors (Lipinski definition) is 4. The maximum Gasteiger partial charge on any atom is 0.123 e. The van der Waals surface area contributed by atoms with Crippen LogP contribution in [0.15, 0.2) is 18.2 Å². The molecule has 0 aliphatic heterocycles. The van der Waals surface area contributed by atoms with E-state index in [1.807, 2.05) is 25.1 Å². The van der Waals surface area contributed by atoms with Crippen LogP contribution in [-0.4, -0.2) is 23.9 Å². The third-order valence-electron chi connectivity index (χ3n) is 3.13. The molecule has 1 rings (SSSR count). The van der Waals surface area contributed by atoms with Crippen molar-refractivity contribution in [3.63, 3.8) is 0 Å². The highest BCUT2D eigenvalue weighted by Crippen LogP contribution is 2.27. The first-order chi connectivity index (χ1) is 8.53. The molecule has 0 saturated carbocycles. The largest absolute Gasteiger partial charge is 0.494 e. The van der Waals surface area contributed by atoms with Gasteiger partial charge in [-0.3, -0.25) is 0 Å². The summed E-state index contributed by atoms with van der Waals surface area (Å²) in [5, 5.41) is 12.5. The zero-order valence-corrected chi connectivity index (χ0v) is 11.5. The Labute approximate surface area is 109 Å². The number of ether oxygens (including phenoxy) is 1. The minimum Gasteiger partial charge on any atom is -0.494 e. The summed E-state index contributed by atoms with van der Waals surface area (Å²) < 4.78 is 5.47. The monoisotopic (exact) mass is 252 g/mol. The van der Waals surface area contributed by atoms with Crippen molar-refractivity contribution < 1.29 is 9.84 Å². The van der Waals surface area contributed by atoms with Gasteiger partial charge in [0.05, 0.1) is 6.61 Å². The number of benzene rings is 1. The van der Waals surface area contributed by atoms with Gasteiger partial charge in [0.25, 0.3) is 0 Å². The van der Waals surface area contributed by atoms with Crippen LogP contribution in [0.4, 0.5) is 11.4 Å². The van der Waals surface area contributed by atoms with Gasteiger partial charge in [0, 0.05) is 35.7 Å². The molecule has 0 aromatic heterocycles. The van der Waals surface area contributed by atoms with Crippen LogP contribution in [-0.2, 0) is 0 Å². The third kappa shape index (κ3) is 4.11. The summed E-state index contributed by atoms with van der Waals surface area (Å²) in [6, 6.07) is 5.63. The minimum atomic E-state index is -0.133. The molecule has 4 N–H and O–H groups in total. The second-order valence-electron chi connectivity index (χ2n) is 4.74. The van der Waals surface area contributed by atoms with Gasteiger partial charge >= 0.3 is 0 Å². The molecule has 0 heterocycles. The first-order valence-corrected chi connectivity index (χ1v) is 6.45. The topological polar surface area (TPSA) is 67.5 Å². The van der Waals surface area contributed by atoms with Gasteiger partial charge in [-0.05, 0) is 32.8 Å². The molecule has 1 unspecified atom stereocenters. The van der Waals surface area contributed by atoms with Crippen molar-refractivity contribution in [2.45, 2.75) is 39.2 Å². The van der Waals surface area contributed by atoms with E-state index in [1.165, 1.54) is 0 Å². The van der Waals surface area contributed by atoms with Crippen LogP contribution in [0.5, 0.6) is 5.75 Å². The molecule has 0 aliphatic rings. The van der Waals surface area contributed by atoms with Gasteiger partial charge in [-0.15, -0.1) is 0 Å². The summed E-state index contributed by atoms with van der Waals surface area (Å²) in [6.07, 6.45) is 1.62. The van der Waals surface area contributed by atoms with Crippen molar-refractivity contribution >= 4 is 11.4 Å². The molecule has 1 aromatic carbocycles. The molecule has 0 amide bonds. The number of aliphatic hydroxyl groups excluding tert-OH is 1. The lowest BCUT2D eigenvalue weighted by atomic mass is 9.94. The van der Waals surface area contributed by atoms with E-state index in [4.69, 9.17) is 15.6 Å². The van der Waals surface area contributed by atoms with Crippen molar-refractivity contribution in [2.24, 2.45) is 0 Å². The lowest BCUT2D eigenvalue weighted by molar-refractivity contribution is 0.252. The lowest BCUT2D eigenvalue weighted by Crippen LogP contribution is -2.35. The molecule has 102 valence electrons. The number of nitrogens with one attached hydrogen (secondary N) is 1. The van der Waals surface area contributed by atoms with Crippen LogP contribution < -0.4 is 15.8 Å². The highest BCUT2D eigenvalue weighted by atomic mass is 16.5. The molecule has 4 heteroatoms. The lowest BCUT2D eigenvalue weighted by Gasteiger charge is -2.30. The molecule has 0 saturated heterocycles. The molecule has 4 nitrogen and oxygen atoms in total. The van der Waals surface area contributed by atoms with Crippen molar-refractivity contribution in [1.29, 1.82) is 0 Å². The number of aliphatic hydroxyl groups is 1. The Morgan fingerprint density at radius 1 is 1.33 bits per heavy atom. The number of hydrogen-bond donors (Lipinski definition) is 3. The van der Waals surface area contributed by atoms with E-state index < -0.39 is 0 Å². The predicted molar refractivity (Wildman–Crippen MR) is 76.0 cm³/mol. The number of anilines is 2. The molecule has 0 fully saturated rings. The van der Waals surface area contributed by atoms with Crippen LogP contribution in [0.3, 0.4) is 0 Å².